The van der Waals surface area contributed by atoms with E-state index in [1.807, 2.05) is 11.0 Å². The van der Waals surface area contributed by atoms with E-state index < -0.39 is 5.60 Å². The van der Waals surface area contributed by atoms with Crippen molar-refractivity contribution in [2.75, 3.05) is 26.3 Å². The fourth-order valence-corrected chi connectivity index (χ4v) is 6.01. The SMILES string of the molecule is CC1(CN2CC3(CCCC(Cn4cnc5c(Cl)cc(C#N)cc54)C3)OC2=O)CCOCC1. The maximum Gasteiger partial charge on any atom is 0.410 e. The van der Waals surface area contributed by atoms with Gasteiger partial charge in [-0.2, -0.15) is 5.26 Å². The van der Waals surface area contributed by atoms with Gasteiger partial charge in [0.15, 0.2) is 0 Å². The van der Waals surface area contributed by atoms with Crippen LogP contribution in [0.15, 0.2) is 18.5 Å². The molecule has 170 valence electrons. The van der Waals surface area contributed by atoms with Gasteiger partial charge >= 0.3 is 6.09 Å². The lowest BCUT2D eigenvalue weighted by Crippen LogP contribution is -2.43. The minimum Gasteiger partial charge on any atom is -0.441 e. The number of ether oxygens (including phenoxy) is 2. The van der Waals surface area contributed by atoms with E-state index in [2.05, 4.69) is 22.5 Å². The molecule has 1 spiro atoms. The standard InChI is InChI=1S/C24H29ClN4O3/c1-23(5-7-31-8-6-23)14-29-15-24(32-22(29)30)4-2-3-17(11-24)13-28-16-27-21-19(25)9-18(12-26)10-20(21)28/h9-10,16-17H,2-8,11,13-15H2,1H3. The molecule has 2 unspecified atom stereocenters. The summed E-state index contributed by atoms with van der Waals surface area (Å²) in [5, 5.41) is 9.80. The Balaban J connectivity index is 1.30. The fraction of sp³-hybridized carbons (Fsp3) is 0.625. The van der Waals surface area contributed by atoms with Crippen molar-refractivity contribution in [1.82, 2.24) is 14.5 Å². The molecule has 0 N–H and O–H groups in total. The molecule has 8 heteroatoms. The summed E-state index contributed by atoms with van der Waals surface area (Å²) >= 11 is 6.32. The van der Waals surface area contributed by atoms with Crippen molar-refractivity contribution in [3.63, 3.8) is 0 Å². The zero-order valence-electron chi connectivity index (χ0n) is 18.5. The van der Waals surface area contributed by atoms with Gasteiger partial charge in [0.1, 0.15) is 11.1 Å². The lowest BCUT2D eigenvalue weighted by molar-refractivity contribution is 0.00335. The van der Waals surface area contributed by atoms with Crippen LogP contribution in [0.1, 0.15) is 51.0 Å². The molecule has 1 saturated carbocycles. The highest BCUT2D eigenvalue weighted by Crippen LogP contribution is 2.42. The first-order valence-corrected chi connectivity index (χ1v) is 11.9. The monoisotopic (exact) mass is 456 g/mol. The van der Waals surface area contributed by atoms with Crippen LogP contribution in [0.5, 0.6) is 0 Å². The summed E-state index contributed by atoms with van der Waals surface area (Å²) in [5.74, 6) is 0.372. The molecule has 2 aliphatic heterocycles. The Bertz CT molecular complexity index is 1070. The summed E-state index contributed by atoms with van der Waals surface area (Å²) < 4.78 is 13.6. The normalized spacial score (nSPS) is 27.6. The molecule has 3 heterocycles. The summed E-state index contributed by atoms with van der Waals surface area (Å²) in [5.41, 5.74) is 1.84. The number of halogens is 1. The number of benzene rings is 1. The molecule has 5 rings (SSSR count). The fourth-order valence-electron chi connectivity index (χ4n) is 5.74. The number of rotatable bonds is 4. The van der Waals surface area contributed by atoms with Gasteiger partial charge in [-0.1, -0.05) is 18.5 Å². The Morgan fingerprint density at radius 1 is 1.31 bits per heavy atom. The third-order valence-corrected chi connectivity index (χ3v) is 7.77. The molecule has 2 aromatic rings. The number of fused-ring (bicyclic) bond motifs is 1. The van der Waals surface area contributed by atoms with Crippen molar-refractivity contribution in [2.45, 2.75) is 57.6 Å². The Kier molecular flexibility index (Phi) is 5.55. The summed E-state index contributed by atoms with van der Waals surface area (Å²) in [6.07, 6.45) is 7.48. The van der Waals surface area contributed by atoms with Gasteiger partial charge in [0, 0.05) is 26.3 Å². The maximum atomic E-state index is 12.8. The highest BCUT2D eigenvalue weighted by atomic mass is 35.5. The smallest absolute Gasteiger partial charge is 0.410 e. The van der Waals surface area contributed by atoms with Gasteiger partial charge in [0.05, 0.1) is 35.0 Å². The molecule has 0 bridgehead atoms. The van der Waals surface area contributed by atoms with Crippen LogP contribution < -0.4 is 0 Å². The quantitative estimate of drug-likeness (QED) is 0.662. The topological polar surface area (TPSA) is 80.4 Å². The molecule has 1 aromatic carbocycles. The van der Waals surface area contributed by atoms with E-state index in [-0.39, 0.29) is 11.5 Å². The minimum atomic E-state index is -0.395. The van der Waals surface area contributed by atoms with Gasteiger partial charge in [0.2, 0.25) is 0 Å². The Labute approximate surface area is 193 Å². The molecule has 3 aliphatic rings. The number of amides is 1. The van der Waals surface area contributed by atoms with Crippen LogP contribution in [0.4, 0.5) is 4.79 Å². The van der Waals surface area contributed by atoms with E-state index in [0.29, 0.717) is 23.0 Å². The van der Waals surface area contributed by atoms with Gasteiger partial charge in [0.25, 0.3) is 0 Å². The number of aromatic nitrogens is 2. The average molecular weight is 457 g/mol. The summed E-state index contributed by atoms with van der Waals surface area (Å²) in [6, 6.07) is 5.67. The zero-order chi connectivity index (χ0) is 22.3. The van der Waals surface area contributed by atoms with Crippen LogP contribution in [0.3, 0.4) is 0 Å². The number of carbonyl (C=O) groups excluding carboxylic acids is 1. The number of imidazole rings is 1. The van der Waals surface area contributed by atoms with Crippen molar-refractivity contribution in [3.05, 3.63) is 29.0 Å². The number of carbonyl (C=O) groups is 1. The summed E-state index contributed by atoms with van der Waals surface area (Å²) in [4.78, 5) is 19.2. The van der Waals surface area contributed by atoms with E-state index >= 15 is 0 Å². The molecule has 1 aliphatic carbocycles. The highest BCUT2D eigenvalue weighted by molar-refractivity contribution is 6.35. The second-order valence-corrected chi connectivity index (χ2v) is 10.5. The lowest BCUT2D eigenvalue weighted by Gasteiger charge is -2.38. The van der Waals surface area contributed by atoms with Gasteiger partial charge in [-0.05, 0) is 62.0 Å². The number of hydrogen-bond acceptors (Lipinski definition) is 5. The predicted molar refractivity (Wildman–Crippen MR) is 120 cm³/mol. The Hall–Kier alpha value is -2.30. The second-order valence-electron chi connectivity index (χ2n) is 10.1. The van der Waals surface area contributed by atoms with Crippen molar-refractivity contribution < 1.29 is 14.3 Å². The summed E-state index contributed by atoms with van der Waals surface area (Å²) in [6.45, 7) is 5.97. The van der Waals surface area contributed by atoms with Crippen molar-refractivity contribution in [2.24, 2.45) is 11.3 Å². The van der Waals surface area contributed by atoms with Gasteiger partial charge < -0.3 is 18.9 Å². The molecule has 0 radical (unpaired) electrons. The highest BCUT2D eigenvalue weighted by Gasteiger charge is 2.49. The molecule has 2 atom stereocenters. The molecule has 32 heavy (non-hydrogen) atoms. The zero-order valence-corrected chi connectivity index (χ0v) is 19.2. The first kappa shape index (κ1) is 21.5. The number of nitriles is 1. The molecule has 2 saturated heterocycles. The molecular formula is C24H29ClN4O3. The average Bonchev–Trinajstić information content (AvgIpc) is 3.29. The van der Waals surface area contributed by atoms with Crippen LogP contribution in [0.2, 0.25) is 5.02 Å². The Morgan fingerprint density at radius 2 is 2.12 bits per heavy atom. The largest absolute Gasteiger partial charge is 0.441 e. The minimum absolute atomic E-state index is 0.101. The van der Waals surface area contributed by atoms with E-state index in [1.165, 1.54) is 0 Å². The van der Waals surface area contributed by atoms with Crippen LogP contribution in [0, 0.1) is 22.7 Å². The first-order valence-electron chi connectivity index (χ1n) is 11.5. The van der Waals surface area contributed by atoms with Crippen molar-refractivity contribution in [1.29, 1.82) is 5.26 Å². The van der Waals surface area contributed by atoms with Crippen LogP contribution in [0.25, 0.3) is 11.0 Å². The third-order valence-electron chi connectivity index (χ3n) is 7.48. The van der Waals surface area contributed by atoms with E-state index in [9.17, 15) is 10.1 Å². The second kappa shape index (κ2) is 8.24. The van der Waals surface area contributed by atoms with E-state index in [4.69, 9.17) is 21.1 Å². The van der Waals surface area contributed by atoms with Crippen LogP contribution in [-0.2, 0) is 16.0 Å². The molecule has 7 nitrogen and oxygen atoms in total. The lowest BCUT2D eigenvalue weighted by atomic mass is 9.77. The summed E-state index contributed by atoms with van der Waals surface area (Å²) in [7, 11) is 0. The molecule has 1 aromatic heterocycles. The van der Waals surface area contributed by atoms with Gasteiger partial charge in [-0.3, -0.25) is 0 Å². The van der Waals surface area contributed by atoms with Crippen molar-refractivity contribution >= 4 is 28.7 Å². The number of nitrogens with zero attached hydrogens (tertiary/aromatic N) is 4. The van der Waals surface area contributed by atoms with Crippen LogP contribution >= 0.6 is 11.6 Å². The third kappa shape index (κ3) is 4.06. The predicted octanol–water partition coefficient (Wildman–Crippen LogP) is 4.76. The van der Waals surface area contributed by atoms with Crippen LogP contribution in [-0.4, -0.2) is 52.4 Å². The molecular weight excluding hydrogens is 428 g/mol. The Morgan fingerprint density at radius 3 is 2.91 bits per heavy atom. The van der Waals surface area contributed by atoms with E-state index in [1.54, 1.807) is 12.4 Å². The maximum absolute atomic E-state index is 12.8. The molecule has 3 fully saturated rings. The van der Waals surface area contributed by atoms with Crippen molar-refractivity contribution in [3.8, 4) is 6.07 Å². The van der Waals surface area contributed by atoms with Gasteiger partial charge in [-0.25, -0.2) is 9.78 Å². The van der Waals surface area contributed by atoms with E-state index in [0.717, 1.165) is 75.9 Å². The first-order chi connectivity index (χ1) is 15.4. The number of hydrogen-bond donors (Lipinski definition) is 0. The molecule has 1 amide bonds. The van der Waals surface area contributed by atoms with Gasteiger partial charge in [-0.15, -0.1) is 0 Å².